The molecule has 0 unspecified atom stereocenters. The Balaban J connectivity index is 0.000000133. The van der Waals surface area contributed by atoms with Crippen molar-refractivity contribution in [3.05, 3.63) is 178 Å². The Morgan fingerprint density at radius 1 is 0.318 bits per heavy atom. The number of nitrogens with zero attached hydrogens (tertiary/aromatic N) is 20. The van der Waals surface area contributed by atoms with Crippen molar-refractivity contribution in [1.29, 1.82) is 0 Å². The summed E-state index contributed by atoms with van der Waals surface area (Å²) in [5, 5.41) is 20.5. The molecule has 0 aromatic carbocycles. The van der Waals surface area contributed by atoms with Crippen LogP contribution in [0.1, 0.15) is 180 Å². The number of rotatable bonds is 0. The third-order valence-electron chi connectivity index (χ3n) is 16.8. The van der Waals surface area contributed by atoms with E-state index in [0.29, 0.717) is 61.0 Å². The van der Waals surface area contributed by atoms with Crippen LogP contribution in [0, 0.1) is 76.2 Å². The molecule has 7 aliphatic heterocycles. The van der Waals surface area contributed by atoms with Crippen LogP contribution in [0.4, 0.5) is 0 Å². The van der Waals surface area contributed by atoms with Gasteiger partial charge < -0.3 is 9.13 Å². The van der Waals surface area contributed by atoms with Crippen molar-refractivity contribution >= 4 is 39.4 Å². The SMILES string of the molecule is CC1=C(C)c2nc(C)c(C)c(=O)n2C1.CC1=C(C)c2nc(C)c(C)n2C1.CC1=C(C)c2nc(C)nc(=O)n2C1.CC1=C(C)c2nnc(C)n2C1.CC1=Nn2c(nc(=O)c(C)c2C)C1.CC1=Nn2c(nc(C)c(C)c2=O)C1.CC1=Nn2c(nc(C)nc2=O)C1. The zero-order valence-electron chi connectivity index (χ0n) is 54.9. The maximum Gasteiger partial charge on any atom is 0.371 e. The molecule has 14 rings (SSSR count). The number of aryl methyl sites for hydroxylation is 6. The van der Waals surface area contributed by atoms with E-state index in [2.05, 4.69) is 116 Å². The molecule has 7 aromatic heterocycles. The molecule has 462 valence electrons. The highest BCUT2D eigenvalue weighted by molar-refractivity contribution is 5.86. The van der Waals surface area contributed by atoms with Gasteiger partial charge in [0.05, 0.1) is 12.2 Å². The molecular weight excluding hydrogens is 1120 g/mol. The zero-order chi connectivity index (χ0) is 64.8. The first-order valence-corrected chi connectivity index (χ1v) is 29.2. The van der Waals surface area contributed by atoms with E-state index in [1.807, 2.05) is 83.1 Å². The summed E-state index contributed by atoms with van der Waals surface area (Å²) in [5.41, 5.74) is 19.5. The average molecular weight is 1200 g/mol. The summed E-state index contributed by atoms with van der Waals surface area (Å²) in [6, 6.07) is 0. The van der Waals surface area contributed by atoms with Gasteiger partial charge in [-0.3, -0.25) is 23.5 Å². The van der Waals surface area contributed by atoms with Crippen LogP contribution in [0.15, 0.2) is 61.6 Å². The van der Waals surface area contributed by atoms with Crippen LogP contribution in [0.25, 0.3) is 22.3 Å². The van der Waals surface area contributed by atoms with E-state index in [0.717, 1.165) is 105 Å². The molecule has 7 aliphatic rings. The van der Waals surface area contributed by atoms with Gasteiger partial charge in [0.1, 0.15) is 52.4 Å². The van der Waals surface area contributed by atoms with E-state index in [-0.39, 0.29) is 28.1 Å². The Hall–Kier alpha value is -9.42. The smallest absolute Gasteiger partial charge is 0.324 e. The van der Waals surface area contributed by atoms with Crippen LogP contribution in [-0.2, 0) is 45.4 Å². The minimum atomic E-state index is -0.339. The minimum Gasteiger partial charge on any atom is -0.324 e. The van der Waals surface area contributed by atoms with Crippen molar-refractivity contribution in [2.45, 2.75) is 198 Å². The highest BCUT2D eigenvalue weighted by atomic mass is 16.2. The van der Waals surface area contributed by atoms with Gasteiger partial charge in [-0.2, -0.15) is 39.6 Å². The van der Waals surface area contributed by atoms with Crippen LogP contribution >= 0.6 is 0 Å². The number of imidazole rings is 1. The van der Waals surface area contributed by atoms with Gasteiger partial charge in [-0.15, -0.1) is 10.2 Å². The normalized spacial score (nSPS) is 14.9. The van der Waals surface area contributed by atoms with Crippen molar-refractivity contribution < 1.29 is 0 Å². The third kappa shape index (κ3) is 13.0. The standard InChI is InChI=1S/C11H14N2O.C10H14N2.3C9H11N3O.C8H11N3.C7H8N4O/c1-6-5-13-10(7(6)2)12-9(4)8(3)11(13)14;1-6-5-12-9(4)8(3)11-10(12)7(6)2;1-5-4-8-10-9(13)6(2)7(3)12(8)11-5;1-5-4-8-10-7(3)6(2)9(13)12(8)11-5;1-5-4-12-8(6(5)2)10-7(3)11-9(12)13;1-5-4-11-7(3)9-10-8(11)6(5)2;1-4-3-6-8-5(2)9-7(12)11(6)10-4/h5H2,1-4H3;5H2,1-4H3;3*4H2,1-3H3;4H2,1-3H3;3H2,1-2H3. The summed E-state index contributed by atoms with van der Waals surface area (Å²) >= 11 is 0. The fourth-order valence-electron chi connectivity index (χ4n) is 10.4. The summed E-state index contributed by atoms with van der Waals surface area (Å²) in [7, 11) is 0. The lowest BCUT2D eigenvalue weighted by Crippen LogP contribution is -2.25. The van der Waals surface area contributed by atoms with E-state index < -0.39 is 0 Å². The predicted molar refractivity (Wildman–Crippen MR) is 342 cm³/mol. The van der Waals surface area contributed by atoms with Gasteiger partial charge in [-0.25, -0.2) is 39.2 Å². The van der Waals surface area contributed by atoms with Gasteiger partial charge in [0.15, 0.2) is 5.82 Å². The van der Waals surface area contributed by atoms with Crippen molar-refractivity contribution in [3.63, 3.8) is 0 Å². The first kappa shape index (κ1) is 64.6. The summed E-state index contributed by atoms with van der Waals surface area (Å²) in [5.74, 6) is 8.09. The molecule has 0 aliphatic carbocycles. The van der Waals surface area contributed by atoms with E-state index in [4.69, 9.17) is 0 Å². The lowest BCUT2D eigenvalue weighted by Gasteiger charge is -2.06. The molecule has 0 saturated heterocycles. The Labute approximate surface area is 510 Å². The van der Waals surface area contributed by atoms with Crippen LogP contribution in [0.2, 0.25) is 0 Å². The van der Waals surface area contributed by atoms with E-state index in [1.54, 1.807) is 41.5 Å². The molecule has 25 heteroatoms. The van der Waals surface area contributed by atoms with Gasteiger partial charge in [0, 0.05) is 95.5 Å². The number of hydrogen-bond acceptors (Lipinski definition) is 18. The molecule has 0 fully saturated rings. The molecule has 0 saturated carbocycles. The fraction of sp³-hybridized carbons (Fsp3) is 0.460. The lowest BCUT2D eigenvalue weighted by atomic mass is 10.2. The average Bonchev–Trinajstić information content (AvgIpc) is 1.97. The molecule has 25 nitrogen and oxygen atoms in total. The molecule has 7 aromatic rings. The van der Waals surface area contributed by atoms with Crippen LogP contribution in [0.3, 0.4) is 0 Å². The summed E-state index contributed by atoms with van der Waals surface area (Å²) in [6.07, 6.45) is 2.03. The van der Waals surface area contributed by atoms with E-state index in [9.17, 15) is 24.0 Å². The molecule has 0 amide bonds. The Morgan fingerprint density at radius 3 is 1.31 bits per heavy atom. The fourth-order valence-corrected chi connectivity index (χ4v) is 10.4. The van der Waals surface area contributed by atoms with Gasteiger partial charge in [-0.05, 0) is 197 Å². The quantitative estimate of drug-likeness (QED) is 0.146. The van der Waals surface area contributed by atoms with Gasteiger partial charge in [0.2, 0.25) is 0 Å². The largest absolute Gasteiger partial charge is 0.371 e. The maximum atomic E-state index is 11.9. The Kier molecular flexibility index (Phi) is 18.7. The maximum absolute atomic E-state index is 11.9. The zero-order valence-corrected chi connectivity index (χ0v) is 54.9. The topological polar surface area (TPSA) is 286 Å². The highest BCUT2D eigenvalue weighted by Crippen LogP contribution is 2.29. The molecule has 0 N–H and O–H groups in total. The second-order valence-corrected chi connectivity index (χ2v) is 23.5. The van der Waals surface area contributed by atoms with Crippen molar-refractivity contribution in [2.75, 3.05) is 0 Å². The molecule has 0 bridgehead atoms. The van der Waals surface area contributed by atoms with Crippen molar-refractivity contribution in [3.8, 4) is 0 Å². The van der Waals surface area contributed by atoms with Crippen molar-refractivity contribution in [1.82, 2.24) is 82.4 Å². The van der Waals surface area contributed by atoms with Gasteiger partial charge in [-0.1, -0.05) is 0 Å². The second kappa shape index (κ2) is 25.5. The lowest BCUT2D eigenvalue weighted by molar-refractivity contribution is 0.694. The van der Waals surface area contributed by atoms with Crippen LogP contribution in [0.5, 0.6) is 0 Å². The second-order valence-electron chi connectivity index (χ2n) is 23.5. The van der Waals surface area contributed by atoms with Gasteiger partial charge in [0.25, 0.3) is 16.7 Å². The van der Waals surface area contributed by atoms with Crippen LogP contribution in [-0.4, -0.2) is 99.5 Å². The minimum absolute atomic E-state index is 0.0423. The highest BCUT2D eigenvalue weighted by Gasteiger charge is 2.24. The molecule has 0 spiro atoms. The van der Waals surface area contributed by atoms with Crippen molar-refractivity contribution in [2.24, 2.45) is 15.3 Å². The Bertz CT molecular complexity index is 4610. The molecule has 14 heterocycles. The number of aromatic nitrogens is 17. The molecular formula is C63H80N20O5. The van der Waals surface area contributed by atoms with Crippen LogP contribution < -0.4 is 28.1 Å². The van der Waals surface area contributed by atoms with E-state index in [1.165, 1.54) is 54.3 Å². The molecule has 0 atom stereocenters. The summed E-state index contributed by atoms with van der Waals surface area (Å²) < 4.78 is 12.2. The van der Waals surface area contributed by atoms with Gasteiger partial charge >= 0.3 is 11.4 Å². The number of hydrogen-bond donors (Lipinski definition) is 0. The number of fused-ring (bicyclic) bond motifs is 7. The first-order chi connectivity index (χ1) is 41.3. The number of allylic oxidation sites excluding steroid dienone is 8. The third-order valence-corrected chi connectivity index (χ3v) is 16.8. The monoisotopic (exact) mass is 1200 g/mol. The summed E-state index contributed by atoms with van der Waals surface area (Å²) in [6.45, 7) is 46.4. The Morgan fingerprint density at radius 2 is 0.739 bits per heavy atom. The first-order valence-electron chi connectivity index (χ1n) is 29.2. The molecule has 88 heavy (non-hydrogen) atoms. The van der Waals surface area contributed by atoms with E-state index >= 15 is 0 Å². The molecule has 0 radical (unpaired) electrons. The predicted octanol–water partition coefficient (Wildman–Crippen LogP) is 7.13. The summed E-state index contributed by atoms with van der Waals surface area (Å²) in [4.78, 5) is 90.5.